The first kappa shape index (κ1) is 14.3. The Morgan fingerprint density at radius 1 is 1.18 bits per heavy atom. The summed E-state index contributed by atoms with van der Waals surface area (Å²) < 4.78 is 10.7. The van der Waals surface area contributed by atoms with Crippen LogP contribution in [0.3, 0.4) is 0 Å². The lowest BCUT2D eigenvalue weighted by Crippen LogP contribution is -2.22. The van der Waals surface area contributed by atoms with Crippen LogP contribution in [-0.2, 0) is 11.2 Å². The van der Waals surface area contributed by atoms with Crippen molar-refractivity contribution in [3.8, 4) is 28.4 Å². The summed E-state index contributed by atoms with van der Waals surface area (Å²) in [4.78, 5) is 11.0. The third-order valence-electron chi connectivity index (χ3n) is 3.55. The van der Waals surface area contributed by atoms with Gasteiger partial charge in [-0.25, -0.2) is 0 Å². The van der Waals surface area contributed by atoms with Gasteiger partial charge >= 0.3 is 0 Å². The molecule has 5 heteroatoms. The van der Waals surface area contributed by atoms with Crippen molar-refractivity contribution in [1.29, 1.82) is 0 Å². The predicted octanol–water partition coefficient (Wildman–Crippen LogP) is 2.47. The van der Waals surface area contributed by atoms with Gasteiger partial charge in [0, 0.05) is 13.5 Å². The summed E-state index contributed by atoms with van der Waals surface area (Å²) >= 11 is 0. The minimum atomic E-state index is -0.0524. The fourth-order valence-corrected chi connectivity index (χ4v) is 2.49. The number of phenolic OH excluding ortho intramolecular Hbond substituents is 1. The third-order valence-corrected chi connectivity index (χ3v) is 3.55. The number of rotatable bonds is 4. The van der Waals surface area contributed by atoms with Crippen LogP contribution in [0.1, 0.15) is 12.5 Å². The summed E-state index contributed by atoms with van der Waals surface area (Å²) in [7, 11) is 0. The molecule has 0 radical (unpaired) electrons. The Morgan fingerprint density at radius 2 is 2.00 bits per heavy atom. The Balaban J connectivity index is 1.91. The van der Waals surface area contributed by atoms with Crippen LogP contribution in [0.5, 0.6) is 17.2 Å². The van der Waals surface area contributed by atoms with Gasteiger partial charge in [-0.1, -0.05) is 12.1 Å². The number of benzene rings is 2. The molecule has 22 heavy (non-hydrogen) atoms. The van der Waals surface area contributed by atoms with E-state index in [0.717, 1.165) is 22.4 Å². The van der Waals surface area contributed by atoms with E-state index in [0.29, 0.717) is 18.7 Å². The maximum Gasteiger partial charge on any atom is 0.231 e. The van der Waals surface area contributed by atoms with E-state index in [9.17, 15) is 9.90 Å². The van der Waals surface area contributed by atoms with Crippen LogP contribution < -0.4 is 14.8 Å². The number of amides is 1. The van der Waals surface area contributed by atoms with E-state index < -0.39 is 0 Å². The fraction of sp³-hybridized carbons (Fsp3) is 0.235. The number of fused-ring (bicyclic) bond motifs is 1. The molecule has 0 fully saturated rings. The Morgan fingerprint density at radius 3 is 2.82 bits per heavy atom. The third kappa shape index (κ3) is 2.98. The van der Waals surface area contributed by atoms with Crippen LogP contribution in [0, 0.1) is 0 Å². The molecule has 1 aliphatic heterocycles. The second kappa shape index (κ2) is 5.97. The zero-order valence-electron chi connectivity index (χ0n) is 12.3. The predicted molar refractivity (Wildman–Crippen MR) is 82.1 cm³/mol. The number of aromatic hydroxyl groups is 1. The molecule has 2 aromatic rings. The normalized spacial score (nSPS) is 12.2. The number of phenols is 1. The van der Waals surface area contributed by atoms with Crippen LogP contribution in [0.25, 0.3) is 11.1 Å². The van der Waals surface area contributed by atoms with Crippen molar-refractivity contribution in [3.05, 3.63) is 42.0 Å². The summed E-state index contributed by atoms with van der Waals surface area (Å²) in [6, 6.07) is 10.9. The highest BCUT2D eigenvalue weighted by atomic mass is 16.7. The molecular weight excluding hydrogens is 282 g/mol. The fourth-order valence-electron chi connectivity index (χ4n) is 2.49. The molecular formula is C17H17NO4. The molecule has 3 rings (SSSR count). The van der Waals surface area contributed by atoms with Gasteiger partial charge in [-0.3, -0.25) is 4.79 Å². The van der Waals surface area contributed by atoms with Gasteiger partial charge in [0.2, 0.25) is 12.7 Å². The second-order valence-corrected chi connectivity index (χ2v) is 5.14. The zero-order valence-corrected chi connectivity index (χ0v) is 12.3. The van der Waals surface area contributed by atoms with Crippen molar-refractivity contribution in [2.45, 2.75) is 13.3 Å². The molecule has 1 aliphatic rings. The van der Waals surface area contributed by atoms with Crippen LogP contribution in [0.15, 0.2) is 36.4 Å². The first-order chi connectivity index (χ1) is 10.6. The lowest BCUT2D eigenvalue weighted by Gasteiger charge is -2.11. The Hall–Kier alpha value is -2.69. The largest absolute Gasteiger partial charge is 0.508 e. The van der Waals surface area contributed by atoms with Gasteiger partial charge in [0.1, 0.15) is 5.75 Å². The van der Waals surface area contributed by atoms with Crippen LogP contribution in [-0.4, -0.2) is 24.4 Å². The minimum absolute atomic E-state index is 0.0524. The molecule has 1 heterocycles. The van der Waals surface area contributed by atoms with Gasteiger partial charge in [-0.05, 0) is 47.4 Å². The second-order valence-electron chi connectivity index (χ2n) is 5.14. The van der Waals surface area contributed by atoms with Crippen molar-refractivity contribution in [3.63, 3.8) is 0 Å². The summed E-state index contributed by atoms with van der Waals surface area (Å²) in [5.41, 5.74) is 2.91. The van der Waals surface area contributed by atoms with Crippen LogP contribution >= 0.6 is 0 Å². The molecule has 0 saturated heterocycles. The summed E-state index contributed by atoms with van der Waals surface area (Å²) in [6.45, 7) is 2.28. The molecule has 5 nitrogen and oxygen atoms in total. The lowest BCUT2D eigenvalue weighted by molar-refractivity contribution is -0.118. The number of carbonyl (C=O) groups is 1. The number of hydrogen-bond donors (Lipinski definition) is 2. The van der Waals surface area contributed by atoms with E-state index in [1.54, 1.807) is 12.1 Å². The molecule has 0 aromatic heterocycles. The average Bonchev–Trinajstić information content (AvgIpc) is 2.95. The van der Waals surface area contributed by atoms with Gasteiger partial charge in [0.25, 0.3) is 0 Å². The average molecular weight is 299 g/mol. The molecule has 0 aliphatic carbocycles. The highest BCUT2D eigenvalue weighted by Crippen LogP contribution is 2.37. The first-order valence-corrected chi connectivity index (χ1v) is 7.10. The zero-order chi connectivity index (χ0) is 15.5. The van der Waals surface area contributed by atoms with E-state index >= 15 is 0 Å². The van der Waals surface area contributed by atoms with Gasteiger partial charge in [0.05, 0.1) is 0 Å². The topological polar surface area (TPSA) is 67.8 Å². The number of carbonyl (C=O) groups excluding carboxylic acids is 1. The molecule has 114 valence electrons. The van der Waals surface area contributed by atoms with Crippen molar-refractivity contribution in [2.75, 3.05) is 13.3 Å². The monoisotopic (exact) mass is 299 g/mol. The summed E-state index contributed by atoms with van der Waals surface area (Å²) in [5.74, 6) is 1.58. The van der Waals surface area contributed by atoms with E-state index in [4.69, 9.17) is 9.47 Å². The summed E-state index contributed by atoms with van der Waals surface area (Å²) in [5, 5.41) is 12.6. The van der Waals surface area contributed by atoms with Crippen LogP contribution in [0.2, 0.25) is 0 Å². The smallest absolute Gasteiger partial charge is 0.231 e. The highest BCUT2D eigenvalue weighted by Gasteiger charge is 2.15. The maximum absolute atomic E-state index is 11.0. The molecule has 0 atom stereocenters. The quantitative estimate of drug-likeness (QED) is 0.910. The van der Waals surface area contributed by atoms with Crippen molar-refractivity contribution in [2.24, 2.45) is 0 Å². The van der Waals surface area contributed by atoms with E-state index in [1.807, 2.05) is 24.3 Å². The van der Waals surface area contributed by atoms with E-state index in [2.05, 4.69) is 5.32 Å². The van der Waals surface area contributed by atoms with Crippen LogP contribution in [0.4, 0.5) is 0 Å². The van der Waals surface area contributed by atoms with Crippen molar-refractivity contribution >= 4 is 5.91 Å². The van der Waals surface area contributed by atoms with Gasteiger partial charge in [-0.2, -0.15) is 0 Å². The van der Waals surface area contributed by atoms with Gasteiger partial charge in [0.15, 0.2) is 11.5 Å². The van der Waals surface area contributed by atoms with Crippen molar-refractivity contribution in [1.82, 2.24) is 5.32 Å². The number of nitrogens with one attached hydrogen (secondary N) is 1. The molecule has 0 bridgehead atoms. The summed E-state index contributed by atoms with van der Waals surface area (Å²) in [6.07, 6.45) is 0.684. The van der Waals surface area contributed by atoms with Gasteiger partial charge in [-0.15, -0.1) is 0 Å². The number of ether oxygens (including phenoxy) is 2. The van der Waals surface area contributed by atoms with Crippen molar-refractivity contribution < 1.29 is 19.4 Å². The SMILES string of the molecule is CC(=O)NCCc1ccc(O)cc1-c1ccc2c(c1)OCO2. The Labute approximate surface area is 128 Å². The molecule has 1 amide bonds. The molecule has 0 unspecified atom stereocenters. The maximum atomic E-state index is 11.0. The number of hydrogen-bond acceptors (Lipinski definition) is 4. The lowest BCUT2D eigenvalue weighted by atomic mass is 9.97. The van der Waals surface area contributed by atoms with E-state index in [-0.39, 0.29) is 18.4 Å². The highest BCUT2D eigenvalue weighted by molar-refractivity contribution is 5.73. The minimum Gasteiger partial charge on any atom is -0.508 e. The van der Waals surface area contributed by atoms with Gasteiger partial charge < -0.3 is 19.9 Å². The standard InChI is InChI=1S/C17H17NO4/c1-11(19)18-7-6-12-2-4-14(20)9-15(12)13-3-5-16-17(8-13)22-10-21-16/h2-5,8-9,20H,6-7,10H2,1H3,(H,18,19). The first-order valence-electron chi connectivity index (χ1n) is 7.10. The molecule has 0 saturated carbocycles. The van der Waals surface area contributed by atoms with E-state index in [1.165, 1.54) is 6.92 Å². The molecule has 2 aromatic carbocycles. The molecule has 0 spiro atoms. The molecule has 2 N–H and O–H groups in total. The Kier molecular flexibility index (Phi) is 3.87. The Bertz CT molecular complexity index is 712.